The van der Waals surface area contributed by atoms with Crippen molar-refractivity contribution in [3.63, 3.8) is 0 Å². The minimum atomic E-state index is -5.85. The quantitative estimate of drug-likeness (QED) is 0.423. The van der Waals surface area contributed by atoms with Crippen LogP contribution < -0.4 is 0 Å². The van der Waals surface area contributed by atoms with Crippen molar-refractivity contribution >= 4 is 0 Å². The zero-order valence-corrected chi connectivity index (χ0v) is 16.1. The van der Waals surface area contributed by atoms with Gasteiger partial charge in [-0.15, -0.1) is 0 Å². The highest BCUT2D eigenvalue weighted by atomic mass is 19.4. The topological polar surface area (TPSA) is 40.5 Å². The number of hydrogen-bond donors (Lipinski definition) is 2. The Hall–Kier alpha value is -1.02. The smallest absolute Gasteiger partial charge is 0.393 e. The van der Waals surface area contributed by atoms with Gasteiger partial charge in [-0.05, 0) is 61.9 Å². The molecule has 0 aromatic carbocycles. The van der Waals surface area contributed by atoms with Gasteiger partial charge in [0.15, 0.2) is 0 Å². The van der Waals surface area contributed by atoms with Crippen LogP contribution in [0.15, 0.2) is 23.8 Å². The summed E-state index contributed by atoms with van der Waals surface area (Å²) >= 11 is 0. The lowest BCUT2D eigenvalue weighted by atomic mass is 9.64. The summed E-state index contributed by atoms with van der Waals surface area (Å²) < 4.78 is 77.1. The van der Waals surface area contributed by atoms with Gasteiger partial charge in [0, 0.05) is 0 Å². The number of halogens is 6. The Labute approximate surface area is 161 Å². The fourth-order valence-electron chi connectivity index (χ4n) is 4.54. The van der Waals surface area contributed by atoms with Crippen LogP contribution >= 0.6 is 0 Å². The zero-order valence-electron chi connectivity index (χ0n) is 16.1. The molecule has 0 bridgehead atoms. The number of aliphatic hydroxyl groups excluding tert-OH is 1. The standard InChI is InChI=1S/C20H28F6O2/c1-3-6-15(16(2)8-4-7-14(27)13-16)17(11-12-17)9-5-10-18(28,19(21,22)23)20(24,25)26/h5-6,10,14,27-28H,3-4,7-9,11-13H2,1-2H3/b10-5-,15-6+/t14-,16-/m0/s1. The van der Waals surface area contributed by atoms with Crippen molar-refractivity contribution in [2.75, 3.05) is 0 Å². The predicted octanol–water partition coefficient (Wildman–Crippen LogP) is 5.85. The molecule has 0 aromatic rings. The van der Waals surface area contributed by atoms with Gasteiger partial charge in [-0.3, -0.25) is 0 Å². The van der Waals surface area contributed by atoms with Gasteiger partial charge in [-0.25, -0.2) is 0 Å². The van der Waals surface area contributed by atoms with Crippen molar-refractivity contribution in [1.29, 1.82) is 0 Å². The van der Waals surface area contributed by atoms with E-state index in [1.807, 2.05) is 19.9 Å². The highest BCUT2D eigenvalue weighted by molar-refractivity contribution is 5.31. The van der Waals surface area contributed by atoms with Gasteiger partial charge in [0.25, 0.3) is 5.60 Å². The van der Waals surface area contributed by atoms with E-state index in [1.54, 1.807) is 0 Å². The minimum Gasteiger partial charge on any atom is -0.393 e. The molecule has 0 amide bonds. The third-order valence-corrected chi connectivity index (χ3v) is 6.17. The first-order valence-corrected chi connectivity index (χ1v) is 9.63. The summed E-state index contributed by atoms with van der Waals surface area (Å²) in [5.74, 6) is 0. The molecule has 2 saturated carbocycles. The molecule has 2 fully saturated rings. The SMILES string of the molecule is CC/C=C(/C1(C/C=C\C(O)(C(F)(F)F)C(F)(F)F)CC1)[C@@]1(C)CCC[C@H](O)C1. The highest BCUT2D eigenvalue weighted by Gasteiger charge is 2.69. The van der Waals surface area contributed by atoms with Crippen molar-refractivity contribution < 1.29 is 36.6 Å². The molecule has 2 nitrogen and oxygen atoms in total. The summed E-state index contributed by atoms with van der Waals surface area (Å²) in [4.78, 5) is 0. The van der Waals surface area contributed by atoms with Crippen LogP contribution in [0.1, 0.15) is 65.2 Å². The maximum atomic E-state index is 12.8. The van der Waals surface area contributed by atoms with E-state index < -0.39 is 29.5 Å². The van der Waals surface area contributed by atoms with E-state index in [4.69, 9.17) is 0 Å². The summed E-state index contributed by atoms with van der Waals surface area (Å²) in [5.41, 5.74) is -4.64. The molecule has 162 valence electrons. The average molecular weight is 414 g/mol. The third kappa shape index (κ3) is 4.42. The first kappa shape index (κ1) is 23.3. The van der Waals surface area contributed by atoms with Crippen molar-refractivity contribution in [1.82, 2.24) is 0 Å². The maximum Gasteiger partial charge on any atom is 0.429 e. The molecule has 2 aliphatic carbocycles. The number of aliphatic hydroxyl groups is 2. The summed E-state index contributed by atoms with van der Waals surface area (Å²) in [7, 11) is 0. The Bertz CT molecular complexity index is 601. The Morgan fingerprint density at radius 1 is 1.07 bits per heavy atom. The van der Waals surface area contributed by atoms with Crippen LogP contribution in [0.5, 0.6) is 0 Å². The highest BCUT2D eigenvalue weighted by Crippen LogP contribution is 2.62. The molecule has 0 radical (unpaired) electrons. The second-order valence-corrected chi connectivity index (χ2v) is 8.49. The Morgan fingerprint density at radius 2 is 1.64 bits per heavy atom. The van der Waals surface area contributed by atoms with Crippen LogP contribution in [0.4, 0.5) is 26.3 Å². The normalized spacial score (nSPS) is 29.4. The van der Waals surface area contributed by atoms with Crippen molar-refractivity contribution in [3.05, 3.63) is 23.8 Å². The van der Waals surface area contributed by atoms with Crippen LogP contribution in [0, 0.1) is 10.8 Å². The molecule has 0 saturated heterocycles. The van der Waals surface area contributed by atoms with E-state index in [2.05, 4.69) is 0 Å². The van der Waals surface area contributed by atoms with Gasteiger partial charge in [-0.2, -0.15) is 26.3 Å². The van der Waals surface area contributed by atoms with Crippen molar-refractivity contribution in [2.24, 2.45) is 10.8 Å². The first-order valence-electron chi connectivity index (χ1n) is 9.63. The molecular formula is C20H28F6O2. The molecule has 2 atom stereocenters. The molecule has 0 heterocycles. The molecule has 0 unspecified atom stereocenters. The van der Waals surface area contributed by atoms with E-state index in [0.717, 1.165) is 24.5 Å². The van der Waals surface area contributed by atoms with Crippen molar-refractivity contribution in [3.8, 4) is 0 Å². The first-order chi connectivity index (χ1) is 12.7. The molecular weight excluding hydrogens is 386 g/mol. The molecule has 0 aromatic heterocycles. The molecule has 2 N–H and O–H groups in total. The van der Waals surface area contributed by atoms with Crippen molar-refractivity contribution in [2.45, 2.75) is 89.3 Å². The third-order valence-electron chi connectivity index (χ3n) is 6.17. The van der Waals surface area contributed by atoms with Crippen LogP contribution in [0.2, 0.25) is 0 Å². The fraction of sp³-hybridized carbons (Fsp3) is 0.800. The lowest BCUT2D eigenvalue weighted by Gasteiger charge is -2.42. The Balaban J connectivity index is 2.27. The largest absolute Gasteiger partial charge is 0.429 e. The Morgan fingerprint density at radius 3 is 2.07 bits per heavy atom. The predicted molar refractivity (Wildman–Crippen MR) is 93.4 cm³/mol. The van der Waals surface area contributed by atoms with Crippen LogP contribution in [0.3, 0.4) is 0 Å². The summed E-state index contributed by atoms with van der Waals surface area (Å²) in [5, 5.41) is 19.4. The monoisotopic (exact) mass is 414 g/mol. The molecule has 2 aliphatic rings. The van der Waals surface area contributed by atoms with Crippen LogP contribution in [0.25, 0.3) is 0 Å². The maximum absolute atomic E-state index is 12.8. The molecule has 8 heteroatoms. The zero-order chi connectivity index (χ0) is 21.4. The lowest BCUT2D eigenvalue weighted by Crippen LogP contribution is -2.55. The number of rotatable bonds is 6. The van der Waals surface area contributed by atoms with Gasteiger partial charge in [0.05, 0.1) is 6.10 Å². The summed E-state index contributed by atoms with van der Waals surface area (Å²) in [6, 6.07) is 0. The molecule has 2 rings (SSSR count). The van der Waals surface area contributed by atoms with Gasteiger partial charge >= 0.3 is 12.4 Å². The summed E-state index contributed by atoms with van der Waals surface area (Å²) in [6.07, 6.45) is -4.54. The summed E-state index contributed by atoms with van der Waals surface area (Å²) in [6.45, 7) is 3.95. The second kappa shape index (κ2) is 7.67. The fourth-order valence-corrected chi connectivity index (χ4v) is 4.54. The van der Waals surface area contributed by atoms with Gasteiger partial charge in [0.1, 0.15) is 0 Å². The lowest BCUT2D eigenvalue weighted by molar-refractivity contribution is -0.347. The van der Waals surface area contributed by atoms with E-state index in [1.165, 1.54) is 0 Å². The second-order valence-electron chi connectivity index (χ2n) is 8.49. The average Bonchev–Trinajstić information content (AvgIpc) is 3.30. The molecule has 28 heavy (non-hydrogen) atoms. The van der Waals surface area contributed by atoms with E-state index in [-0.39, 0.29) is 17.9 Å². The number of alkyl halides is 6. The number of allylic oxidation sites excluding steroid dienone is 3. The van der Waals surface area contributed by atoms with E-state index in [0.29, 0.717) is 32.1 Å². The minimum absolute atomic E-state index is 0.00100. The van der Waals surface area contributed by atoms with Gasteiger partial charge in [-0.1, -0.05) is 38.0 Å². The van der Waals surface area contributed by atoms with Crippen LogP contribution in [-0.2, 0) is 0 Å². The van der Waals surface area contributed by atoms with Gasteiger partial charge in [0.2, 0.25) is 0 Å². The van der Waals surface area contributed by atoms with E-state index in [9.17, 15) is 36.6 Å². The Kier molecular flexibility index (Phi) is 6.37. The van der Waals surface area contributed by atoms with Gasteiger partial charge < -0.3 is 10.2 Å². The van der Waals surface area contributed by atoms with Crippen LogP contribution in [-0.4, -0.2) is 34.3 Å². The number of hydrogen-bond acceptors (Lipinski definition) is 2. The molecule has 0 aliphatic heterocycles. The molecule has 0 spiro atoms. The van der Waals surface area contributed by atoms with E-state index >= 15 is 0 Å².